The quantitative estimate of drug-likeness (QED) is 0.531. The second kappa shape index (κ2) is 2.96. The van der Waals surface area contributed by atoms with Crippen LogP contribution in [0.3, 0.4) is 0 Å². The van der Waals surface area contributed by atoms with E-state index in [9.17, 15) is 0 Å². The Morgan fingerprint density at radius 3 is 2.89 bits per heavy atom. The summed E-state index contributed by atoms with van der Waals surface area (Å²) in [5.41, 5.74) is 0. The van der Waals surface area contributed by atoms with Crippen molar-refractivity contribution in [2.24, 2.45) is 0 Å². The highest BCUT2D eigenvalue weighted by Gasteiger charge is 2.21. The summed E-state index contributed by atoms with van der Waals surface area (Å²) >= 11 is 0. The Balaban J connectivity index is 2.28. The molecule has 3 nitrogen and oxygen atoms in total. The van der Waals surface area contributed by atoms with Crippen molar-refractivity contribution in [3.8, 4) is 0 Å². The van der Waals surface area contributed by atoms with Gasteiger partial charge in [0.05, 0.1) is 13.2 Å². The highest BCUT2D eigenvalue weighted by molar-refractivity contribution is 4.77. The van der Waals surface area contributed by atoms with Gasteiger partial charge in [0, 0.05) is 0 Å². The lowest BCUT2D eigenvalue weighted by Gasteiger charge is -2.02. The monoisotopic (exact) mass is 130 g/mol. The van der Waals surface area contributed by atoms with Crippen LogP contribution in [0, 0.1) is 0 Å². The van der Waals surface area contributed by atoms with E-state index in [2.05, 4.69) is 6.58 Å². The van der Waals surface area contributed by atoms with Crippen LogP contribution >= 0.6 is 0 Å². The average Bonchev–Trinajstić information content (AvgIpc) is 2.34. The van der Waals surface area contributed by atoms with Crippen LogP contribution in [-0.2, 0) is 9.47 Å². The van der Waals surface area contributed by atoms with E-state index in [4.69, 9.17) is 14.6 Å². The first-order chi connectivity index (χ1) is 4.36. The van der Waals surface area contributed by atoms with Gasteiger partial charge in [-0.05, 0) is 6.08 Å². The highest BCUT2D eigenvalue weighted by Crippen LogP contribution is 2.10. The summed E-state index contributed by atoms with van der Waals surface area (Å²) in [6, 6.07) is 0. The highest BCUT2D eigenvalue weighted by atomic mass is 16.7. The molecule has 9 heavy (non-hydrogen) atoms. The second-order valence-electron chi connectivity index (χ2n) is 1.88. The van der Waals surface area contributed by atoms with Crippen LogP contribution in [-0.4, -0.2) is 30.7 Å². The fourth-order valence-corrected chi connectivity index (χ4v) is 0.690. The van der Waals surface area contributed by atoms with Crippen LogP contribution < -0.4 is 0 Å². The van der Waals surface area contributed by atoms with Gasteiger partial charge in [0.1, 0.15) is 6.10 Å². The third-order valence-corrected chi connectivity index (χ3v) is 1.17. The second-order valence-corrected chi connectivity index (χ2v) is 1.88. The molecule has 1 fully saturated rings. The molecular weight excluding hydrogens is 120 g/mol. The summed E-state index contributed by atoms with van der Waals surface area (Å²) < 4.78 is 10.1. The molecular formula is C6H10O3. The average molecular weight is 130 g/mol. The smallest absolute Gasteiger partial charge is 0.177 e. The maximum atomic E-state index is 8.54. The van der Waals surface area contributed by atoms with Gasteiger partial charge in [0.25, 0.3) is 0 Å². The van der Waals surface area contributed by atoms with Gasteiger partial charge in [0.15, 0.2) is 6.29 Å². The van der Waals surface area contributed by atoms with E-state index in [0.717, 1.165) is 0 Å². The molecule has 0 bridgehead atoms. The predicted octanol–water partition coefficient (Wildman–Crippen LogP) is -0.0938. The molecule has 0 spiro atoms. The number of rotatable bonds is 2. The Morgan fingerprint density at radius 1 is 1.78 bits per heavy atom. The Bertz CT molecular complexity index is 102. The zero-order valence-electron chi connectivity index (χ0n) is 5.12. The molecule has 1 aliphatic heterocycles. The number of ether oxygens (including phenoxy) is 2. The van der Waals surface area contributed by atoms with Gasteiger partial charge in [-0.3, -0.25) is 0 Å². The molecule has 1 heterocycles. The van der Waals surface area contributed by atoms with Gasteiger partial charge in [-0.25, -0.2) is 0 Å². The van der Waals surface area contributed by atoms with Gasteiger partial charge >= 0.3 is 0 Å². The first kappa shape index (κ1) is 6.74. The van der Waals surface area contributed by atoms with Crippen LogP contribution in [0.5, 0.6) is 0 Å². The third kappa shape index (κ3) is 1.51. The minimum atomic E-state index is -0.317. The summed E-state index contributed by atoms with van der Waals surface area (Å²) in [5.74, 6) is 0. The summed E-state index contributed by atoms with van der Waals surface area (Å²) in [6.45, 7) is 3.96. The van der Waals surface area contributed by atoms with E-state index in [-0.39, 0.29) is 19.0 Å². The van der Waals surface area contributed by atoms with E-state index in [1.54, 1.807) is 6.08 Å². The van der Waals surface area contributed by atoms with Crippen molar-refractivity contribution in [1.82, 2.24) is 0 Å². The van der Waals surface area contributed by atoms with Crippen molar-refractivity contribution in [3.05, 3.63) is 12.7 Å². The lowest BCUT2D eigenvalue weighted by Crippen LogP contribution is -2.15. The molecule has 52 valence electrons. The third-order valence-electron chi connectivity index (χ3n) is 1.17. The first-order valence-electron chi connectivity index (χ1n) is 2.87. The van der Waals surface area contributed by atoms with Crippen LogP contribution in [0.25, 0.3) is 0 Å². The molecule has 0 aliphatic carbocycles. The van der Waals surface area contributed by atoms with Crippen molar-refractivity contribution in [2.75, 3.05) is 13.2 Å². The maximum Gasteiger partial charge on any atom is 0.177 e. The molecule has 2 atom stereocenters. The van der Waals surface area contributed by atoms with E-state index < -0.39 is 0 Å². The van der Waals surface area contributed by atoms with Crippen LogP contribution in [0.15, 0.2) is 12.7 Å². The van der Waals surface area contributed by atoms with Crippen molar-refractivity contribution < 1.29 is 14.6 Å². The van der Waals surface area contributed by atoms with E-state index >= 15 is 0 Å². The molecule has 0 radical (unpaired) electrons. The van der Waals surface area contributed by atoms with Crippen LogP contribution in [0.4, 0.5) is 0 Å². The number of hydrogen-bond donors (Lipinski definition) is 1. The van der Waals surface area contributed by atoms with Gasteiger partial charge in [-0.15, -0.1) is 0 Å². The molecule has 0 aromatic heterocycles. The number of hydrogen-bond acceptors (Lipinski definition) is 3. The molecule has 0 unspecified atom stereocenters. The van der Waals surface area contributed by atoms with Gasteiger partial charge in [-0.1, -0.05) is 6.58 Å². The van der Waals surface area contributed by atoms with E-state index in [0.29, 0.717) is 6.61 Å². The molecule has 0 aromatic carbocycles. The number of aliphatic hydroxyl groups excluding tert-OH is 1. The van der Waals surface area contributed by atoms with Crippen molar-refractivity contribution in [1.29, 1.82) is 0 Å². The topological polar surface area (TPSA) is 38.7 Å². The lowest BCUT2D eigenvalue weighted by molar-refractivity contribution is -0.0296. The van der Waals surface area contributed by atoms with Crippen molar-refractivity contribution in [2.45, 2.75) is 12.4 Å². The first-order valence-corrected chi connectivity index (χ1v) is 2.87. The molecule has 1 saturated heterocycles. The van der Waals surface area contributed by atoms with E-state index in [1.165, 1.54) is 0 Å². The molecule has 1 aliphatic rings. The standard InChI is InChI=1S/C6H10O3/c1-2-6-8-4-5(3-7)9-6/h2,5-7H,1,3-4H2/t5-,6-/m1/s1. The fourth-order valence-electron chi connectivity index (χ4n) is 0.690. The maximum absolute atomic E-state index is 8.54. The van der Waals surface area contributed by atoms with Crippen molar-refractivity contribution in [3.63, 3.8) is 0 Å². The van der Waals surface area contributed by atoms with E-state index in [1.807, 2.05) is 0 Å². The minimum Gasteiger partial charge on any atom is -0.394 e. The Morgan fingerprint density at radius 2 is 2.56 bits per heavy atom. The summed E-state index contributed by atoms with van der Waals surface area (Å²) in [4.78, 5) is 0. The van der Waals surface area contributed by atoms with Crippen LogP contribution in [0.1, 0.15) is 0 Å². The number of aliphatic hydroxyl groups is 1. The Kier molecular flexibility index (Phi) is 2.22. The van der Waals surface area contributed by atoms with Crippen LogP contribution in [0.2, 0.25) is 0 Å². The molecule has 0 saturated carbocycles. The summed E-state index contributed by atoms with van der Waals surface area (Å²) in [5, 5.41) is 8.54. The van der Waals surface area contributed by atoms with Gasteiger partial charge in [-0.2, -0.15) is 0 Å². The SMILES string of the molecule is C=C[C@@H]1OC[C@@H](CO)O1. The van der Waals surface area contributed by atoms with Gasteiger partial charge in [0.2, 0.25) is 0 Å². The largest absolute Gasteiger partial charge is 0.394 e. The summed E-state index contributed by atoms with van der Waals surface area (Å²) in [6.07, 6.45) is 1.09. The summed E-state index contributed by atoms with van der Waals surface area (Å²) in [7, 11) is 0. The zero-order chi connectivity index (χ0) is 6.69. The van der Waals surface area contributed by atoms with Gasteiger partial charge < -0.3 is 14.6 Å². The molecule has 0 aromatic rings. The molecule has 1 rings (SSSR count). The lowest BCUT2D eigenvalue weighted by atomic mass is 10.4. The molecule has 3 heteroatoms. The Labute approximate surface area is 53.9 Å². The Hall–Kier alpha value is -0.380. The zero-order valence-corrected chi connectivity index (χ0v) is 5.12. The fraction of sp³-hybridized carbons (Fsp3) is 0.667. The minimum absolute atomic E-state index is 0.0182. The predicted molar refractivity (Wildman–Crippen MR) is 31.9 cm³/mol. The normalized spacial score (nSPS) is 34.8. The van der Waals surface area contributed by atoms with Crippen molar-refractivity contribution >= 4 is 0 Å². The molecule has 1 N–H and O–H groups in total. The molecule has 0 amide bonds.